The number of nitriles is 2. The van der Waals surface area contributed by atoms with Crippen LogP contribution in [0.1, 0.15) is 5.56 Å². The van der Waals surface area contributed by atoms with E-state index in [0.29, 0.717) is 5.56 Å². The lowest BCUT2D eigenvalue weighted by atomic mass is 10.2. The van der Waals surface area contributed by atoms with Crippen molar-refractivity contribution in [3.8, 4) is 12.1 Å². The summed E-state index contributed by atoms with van der Waals surface area (Å²) in [5, 5.41) is 31.1. The molecule has 8 nitrogen and oxygen atoms in total. The Labute approximate surface area is 149 Å². The van der Waals surface area contributed by atoms with Gasteiger partial charge in [-0.15, -0.1) is 0 Å². The number of hydrogen-bond acceptors (Lipinski definition) is 7. The van der Waals surface area contributed by atoms with Gasteiger partial charge in [-0.3, -0.25) is 10.1 Å². The number of anilines is 1. The van der Waals surface area contributed by atoms with Crippen LogP contribution in [0.25, 0.3) is 0 Å². The van der Waals surface area contributed by atoms with Gasteiger partial charge in [0, 0.05) is 24.0 Å². The molecule has 0 spiro atoms. The number of rotatable bonds is 6. The van der Waals surface area contributed by atoms with Gasteiger partial charge in [0.05, 0.1) is 15.6 Å². The zero-order valence-corrected chi connectivity index (χ0v) is 14.1. The van der Waals surface area contributed by atoms with Crippen molar-refractivity contribution in [3.63, 3.8) is 0 Å². The Balaban J connectivity index is 2.45. The lowest BCUT2D eigenvalue weighted by molar-refractivity contribution is -0.385. The van der Waals surface area contributed by atoms with Gasteiger partial charge in [-0.1, -0.05) is 30.3 Å². The minimum atomic E-state index is -3.84. The summed E-state index contributed by atoms with van der Waals surface area (Å²) in [5.41, 5.74) is -0.0609. The molecule has 0 radical (unpaired) electrons. The van der Waals surface area contributed by atoms with Crippen LogP contribution in [-0.2, 0) is 15.6 Å². The van der Waals surface area contributed by atoms with Gasteiger partial charge in [-0.25, -0.2) is 8.42 Å². The number of allylic oxidation sites excluding steroid dienone is 1. The average molecular weight is 368 g/mol. The molecule has 0 aliphatic heterocycles. The summed E-state index contributed by atoms with van der Waals surface area (Å²) in [6.45, 7) is 0. The molecule has 9 heteroatoms. The van der Waals surface area contributed by atoms with E-state index in [1.54, 1.807) is 42.5 Å². The van der Waals surface area contributed by atoms with Crippen LogP contribution in [0.4, 0.5) is 11.4 Å². The fourth-order valence-electron chi connectivity index (χ4n) is 2.07. The highest BCUT2D eigenvalue weighted by Crippen LogP contribution is 2.26. The monoisotopic (exact) mass is 368 g/mol. The fourth-order valence-corrected chi connectivity index (χ4v) is 3.48. The molecule has 0 fully saturated rings. The summed E-state index contributed by atoms with van der Waals surface area (Å²) in [7, 11) is -3.84. The first-order valence-electron chi connectivity index (χ1n) is 7.19. The quantitative estimate of drug-likeness (QED) is 0.470. The van der Waals surface area contributed by atoms with E-state index in [1.165, 1.54) is 6.07 Å². The summed E-state index contributed by atoms with van der Waals surface area (Å²) < 4.78 is 25.2. The third-order valence-corrected chi connectivity index (χ3v) is 4.95. The van der Waals surface area contributed by atoms with E-state index in [0.717, 1.165) is 18.3 Å². The summed E-state index contributed by atoms with van der Waals surface area (Å²) in [5.74, 6) is -0.314. The van der Waals surface area contributed by atoms with E-state index in [4.69, 9.17) is 10.5 Å². The van der Waals surface area contributed by atoms with E-state index < -0.39 is 20.4 Å². The number of nitro benzene ring substituents is 1. The molecule has 26 heavy (non-hydrogen) atoms. The third-order valence-electron chi connectivity index (χ3n) is 3.28. The molecule has 0 amide bonds. The van der Waals surface area contributed by atoms with Crippen molar-refractivity contribution in [2.75, 3.05) is 5.32 Å². The van der Waals surface area contributed by atoms with Crippen molar-refractivity contribution in [3.05, 3.63) is 76.0 Å². The molecule has 2 aromatic carbocycles. The van der Waals surface area contributed by atoms with E-state index >= 15 is 0 Å². The normalized spacial score (nSPS) is 10.2. The van der Waals surface area contributed by atoms with E-state index in [-0.39, 0.29) is 21.9 Å². The molecule has 0 atom stereocenters. The highest BCUT2D eigenvalue weighted by Gasteiger charge is 2.20. The molecule has 0 bridgehead atoms. The maximum Gasteiger partial charge on any atom is 0.272 e. The van der Waals surface area contributed by atoms with Crippen LogP contribution in [0.3, 0.4) is 0 Å². The first kappa shape index (κ1) is 18.6. The van der Waals surface area contributed by atoms with Crippen LogP contribution in [0.5, 0.6) is 0 Å². The number of nitrogens with zero attached hydrogens (tertiary/aromatic N) is 3. The molecule has 0 heterocycles. The summed E-state index contributed by atoms with van der Waals surface area (Å²) in [4.78, 5) is 10.2. The zero-order chi connectivity index (χ0) is 19.2. The summed E-state index contributed by atoms with van der Waals surface area (Å²) >= 11 is 0. The van der Waals surface area contributed by atoms with Crippen LogP contribution in [0, 0.1) is 32.8 Å². The maximum atomic E-state index is 12.6. The van der Waals surface area contributed by atoms with E-state index in [1.807, 2.05) is 0 Å². The third kappa shape index (κ3) is 4.66. The van der Waals surface area contributed by atoms with Gasteiger partial charge in [0.1, 0.15) is 17.7 Å². The molecule has 0 aliphatic carbocycles. The van der Waals surface area contributed by atoms with Crippen molar-refractivity contribution in [1.29, 1.82) is 10.5 Å². The largest absolute Gasteiger partial charge is 0.360 e. The van der Waals surface area contributed by atoms with E-state index in [9.17, 15) is 18.5 Å². The highest BCUT2D eigenvalue weighted by atomic mass is 32.2. The summed E-state index contributed by atoms with van der Waals surface area (Å²) in [6.07, 6.45) is 1.05. The highest BCUT2D eigenvalue weighted by molar-refractivity contribution is 7.90. The lowest BCUT2D eigenvalue weighted by Gasteiger charge is -2.08. The Morgan fingerprint density at radius 2 is 1.81 bits per heavy atom. The van der Waals surface area contributed by atoms with Crippen molar-refractivity contribution in [1.82, 2.24) is 0 Å². The molecule has 0 aromatic heterocycles. The first-order valence-corrected chi connectivity index (χ1v) is 8.84. The minimum absolute atomic E-state index is 0.0776. The SMILES string of the molecule is N#CC(C#N)=CNc1cc([N+](=O)[O-])cc(S(=O)(=O)Cc2ccccc2)c1. The van der Waals surface area contributed by atoms with Gasteiger partial charge in [0.2, 0.25) is 0 Å². The molecule has 1 N–H and O–H groups in total. The second-order valence-electron chi connectivity index (χ2n) is 5.14. The predicted molar refractivity (Wildman–Crippen MR) is 93.4 cm³/mol. The number of sulfone groups is 1. The van der Waals surface area contributed by atoms with Crippen molar-refractivity contribution < 1.29 is 13.3 Å². The average Bonchev–Trinajstić information content (AvgIpc) is 2.62. The lowest BCUT2D eigenvalue weighted by Crippen LogP contribution is -2.06. The second-order valence-corrected chi connectivity index (χ2v) is 7.13. The van der Waals surface area contributed by atoms with Crippen molar-refractivity contribution in [2.24, 2.45) is 0 Å². The standard InChI is InChI=1S/C17H12N4O4S/c18-9-14(10-19)11-20-15-6-16(21(22)23)8-17(7-15)26(24,25)12-13-4-2-1-3-5-13/h1-8,11,20H,12H2. The van der Waals surface area contributed by atoms with Gasteiger partial charge in [0.25, 0.3) is 5.69 Å². The van der Waals surface area contributed by atoms with Crippen LogP contribution in [0.15, 0.2) is 65.2 Å². The topological polar surface area (TPSA) is 137 Å². The van der Waals surface area contributed by atoms with E-state index in [2.05, 4.69) is 5.32 Å². The molecule has 130 valence electrons. The Kier molecular flexibility index (Phi) is 5.68. The van der Waals surface area contributed by atoms with Crippen LogP contribution in [0.2, 0.25) is 0 Å². The van der Waals surface area contributed by atoms with Crippen molar-refractivity contribution in [2.45, 2.75) is 10.6 Å². The zero-order valence-electron chi connectivity index (χ0n) is 13.3. The summed E-state index contributed by atoms with van der Waals surface area (Å²) in [6, 6.07) is 15.0. The number of hydrogen-bond donors (Lipinski definition) is 1. The molecular weight excluding hydrogens is 356 g/mol. The Morgan fingerprint density at radius 1 is 1.15 bits per heavy atom. The van der Waals surface area contributed by atoms with Gasteiger partial charge >= 0.3 is 0 Å². The maximum absolute atomic E-state index is 12.6. The second kappa shape index (κ2) is 7.92. The first-order chi connectivity index (χ1) is 12.4. The number of non-ortho nitro benzene ring substituents is 1. The molecule has 0 unspecified atom stereocenters. The van der Waals surface area contributed by atoms with Gasteiger partial charge in [0.15, 0.2) is 9.84 Å². The fraction of sp³-hybridized carbons (Fsp3) is 0.0588. The molecular formula is C17H12N4O4S. The van der Waals surface area contributed by atoms with Crippen LogP contribution < -0.4 is 5.32 Å². The molecule has 2 rings (SSSR count). The van der Waals surface area contributed by atoms with Gasteiger partial charge < -0.3 is 5.32 Å². The molecule has 0 saturated carbocycles. The van der Waals surface area contributed by atoms with Gasteiger partial charge in [-0.2, -0.15) is 10.5 Å². The Morgan fingerprint density at radius 3 is 2.38 bits per heavy atom. The van der Waals surface area contributed by atoms with Crippen LogP contribution in [-0.4, -0.2) is 13.3 Å². The Bertz CT molecular complexity index is 1030. The van der Waals surface area contributed by atoms with Crippen LogP contribution >= 0.6 is 0 Å². The number of nitro groups is 1. The number of nitrogens with one attached hydrogen (secondary N) is 1. The predicted octanol–water partition coefficient (Wildman–Crippen LogP) is 2.91. The van der Waals surface area contributed by atoms with Gasteiger partial charge in [-0.05, 0) is 11.6 Å². The minimum Gasteiger partial charge on any atom is -0.360 e. The number of benzene rings is 2. The smallest absolute Gasteiger partial charge is 0.272 e. The van der Waals surface area contributed by atoms with Crippen molar-refractivity contribution >= 4 is 21.2 Å². The molecule has 0 saturated heterocycles. The molecule has 2 aromatic rings. The molecule has 0 aliphatic rings. The Hall–Kier alpha value is -3.69.